The van der Waals surface area contributed by atoms with E-state index in [1.54, 1.807) is 7.11 Å². The molecule has 3 rings (SSSR count). The monoisotopic (exact) mass is 345 g/mol. The molecule has 2 amide bonds. The number of nitrogens with zero attached hydrogens (tertiary/aromatic N) is 1. The van der Waals surface area contributed by atoms with Crippen LogP contribution in [-0.4, -0.2) is 49.8 Å². The molecule has 138 valence electrons. The van der Waals surface area contributed by atoms with E-state index in [1.165, 1.54) is 24.8 Å². The van der Waals surface area contributed by atoms with Gasteiger partial charge < -0.3 is 20.3 Å². The zero-order valence-corrected chi connectivity index (χ0v) is 15.5. The van der Waals surface area contributed by atoms with E-state index in [2.05, 4.69) is 34.7 Å². The van der Waals surface area contributed by atoms with Gasteiger partial charge in [0.1, 0.15) is 5.75 Å². The molecule has 1 aromatic carbocycles. The molecule has 2 heterocycles. The van der Waals surface area contributed by atoms with Gasteiger partial charge in [0.25, 0.3) is 0 Å². The molecule has 2 unspecified atom stereocenters. The van der Waals surface area contributed by atoms with Crippen LogP contribution in [0.4, 0.5) is 4.79 Å². The summed E-state index contributed by atoms with van der Waals surface area (Å²) in [6.07, 6.45) is 7.97. The number of amides is 2. The van der Waals surface area contributed by atoms with E-state index in [1.807, 2.05) is 12.1 Å². The number of carbonyl (C=O) groups is 1. The third-order valence-corrected chi connectivity index (χ3v) is 5.76. The molecule has 2 aliphatic heterocycles. The van der Waals surface area contributed by atoms with Crippen LogP contribution in [0.3, 0.4) is 0 Å². The number of benzene rings is 1. The van der Waals surface area contributed by atoms with E-state index in [0.717, 1.165) is 31.4 Å². The predicted octanol–water partition coefficient (Wildman–Crippen LogP) is 2.94. The Hall–Kier alpha value is -1.75. The summed E-state index contributed by atoms with van der Waals surface area (Å²) in [5.41, 5.74) is 1.27. The Morgan fingerprint density at radius 1 is 1.20 bits per heavy atom. The van der Waals surface area contributed by atoms with E-state index in [4.69, 9.17) is 4.74 Å². The van der Waals surface area contributed by atoms with Crippen molar-refractivity contribution in [2.45, 2.75) is 63.1 Å². The lowest BCUT2D eigenvalue weighted by Crippen LogP contribution is -2.56. The van der Waals surface area contributed by atoms with E-state index < -0.39 is 0 Å². The maximum absolute atomic E-state index is 12.2. The van der Waals surface area contributed by atoms with Gasteiger partial charge in [-0.25, -0.2) is 4.79 Å². The number of urea groups is 1. The van der Waals surface area contributed by atoms with Crippen molar-refractivity contribution in [3.8, 4) is 5.75 Å². The Balaban J connectivity index is 1.34. The second-order valence-corrected chi connectivity index (χ2v) is 7.42. The molecule has 5 nitrogen and oxygen atoms in total. The highest BCUT2D eigenvalue weighted by atomic mass is 16.5. The molecular weight excluding hydrogens is 314 g/mol. The number of fused-ring (bicyclic) bond motifs is 2. The van der Waals surface area contributed by atoms with Gasteiger partial charge in [0.05, 0.1) is 7.11 Å². The maximum atomic E-state index is 12.2. The summed E-state index contributed by atoms with van der Waals surface area (Å²) in [6.45, 7) is 0.706. The average Bonchev–Trinajstić information content (AvgIpc) is 2.60. The second kappa shape index (κ2) is 8.56. The van der Waals surface area contributed by atoms with Crippen molar-refractivity contribution in [2.24, 2.45) is 0 Å². The molecule has 5 heteroatoms. The zero-order valence-electron chi connectivity index (χ0n) is 15.5. The Bertz CT molecular complexity index is 547. The quantitative estimate of drug-likeness (QED) is 0.780. The van der Waals surface area contributed by atoms with Gasteiger partial charge >= 0.3 is 6.03 Å². The Morgan fingerprint density at radius 2 is 1.88 bits per heavy atom. The lowest BCUT2D eigenvalue weighted by Gasteiger charge is -2.47. The molecule has 0 aromatic heterocycles. The first-order valence-corrected chi connectivity index (χ1v) is 9.55. The summed E-state index contributed by atoms with van der Waals surface area (Å²) >= 11 is 0. The minimum absolute atomic E-state index is 0.0117. The minimum atomic E-state index is -0.0117. The number of hydrogen-bond donors (Lipinski definition) is 2. The highest BCUT2D eigenvalue weighted by molar-refractivity contribution is 5.74. The molecule has 25 heavy (non-hydrogen) atoms. The van der Waals surface area contributed by atoms with Gasteiger partial charge in [0.15, 0.2) is 0 Å². The molecule has 2 aliphatic rings. The Morgan fingerprint density at radius 3 is 2.52 bits per heavy atom. The molecule has 0 aliphatic carbocycles. The van der Waals surface area contributed by atoms with Crippen LogP contribution >= 0.6 is 0 Å². The maximum Gasteiger partial charge on any atom is 0.315 e. The second-order valence-electron chi connectivity index (χ2n) is 7.42. The number of ether oxygens (including phenoxy) is 1. The van der Waals surface area contributed by atoms with Crippen LogP contribution in [0.5, 0.6) is 5.75 Å². The van der Waals surface area contributed by atoms with Gasteiger partial charge in [-0.1, -0.05) is 18.6 Å². The van der Waals surface area contributed by atoms with Crippen molar-refractivity contribution in [3.63, 3.8) is 0 Å². The van der Waals surface area contributed by atoms with Crippen LogP contribution in [0.2, 0.25) is 0 Å². The first kappa shape index (κ1) is 18.1. The number of hydrogen-bond acceptors (Lipinski definition) is 3. The fourth-order valence-corrected chi connectivity index (χ4v) is 4.26. The van der Waals surface area contributed by atoms with Crippen molar-refractivity contribution in [2.75, 3.05) is 20.7 Å². The van der Waals surface area contributed by atoms with Crippen LogP contribution in [0.1, 0.15) is 44.1 Å². The van der Waals surface area contributed by atoms with Gasteiger partial charge in [-0.05, 0) is 63.3 Å². The third kappa shape index (κ3) is 4.88. The molecule has 2 N–H and O–H groups in total. The fraction of sp³-hybridized carbons (Fsp3) is 0.650. The predicted molar refractivity (Wildman–Crippen MR) is 100 cm³/mol. The van der Waals surface area contributed by atoms with E-state index in [-0.39, 0.29) is 6.03 Å². The van der Waals surface area contributed by atoms with E-state index in [0.29, 0.717) is 24.7 Å². The molecule has 2 saturated heterocycles. The van der Waals surface area contributed by atoms with Crippen LogP contribution in [0.15, 0.2) is 24.3 Å². The minimum Gasteiger partial charge on any atom is -0.497 e. The van der Waals surface area contributed by atoms with Gasteiger partial charge in [0, 0.05) is 24.7 Å². The largest absolute Gasteiger partial charge is 0.497 e. The van der Waals surface area contributed by atoms with Crippen molar-refractivity contribution >= 4 is 6.03 Å². The van der Waals surface area contributed by atoms with Crippen LogP contribution in [0.25, 0.3) is 0 Å². The summed E-state index contributed by atoms with van der Waals surface area (Å²) in [6, 6.07) is 9.72. The lowest BCUT2D eigenvalue weighted by molar-refractivity contribution is 0.0509. The molecule has 1 aromatic rings. The molecule has 2 atom stereocenters. The standard InChI is InChI=1S/C20H31N3O2/c1-23-17-6-3-7-18(23)14-16(13-17)22-20(24)21-12-4-5-15-8-10-19(25-2)11-9-15/h8-11,16-18H,3-7,12-14H2,1-2H3,(H2,21,22,24). The van der Waals surface area contributed by atoms with Crippen molar-refractivity contribution < 1.29 is 9.53 Å². The smallest absolute Gasteiger partial charge is 0.315 e. The summed E-state index contributed by atoms with van der Waals surface area (Å²) in [7, 11) is 3.92. The summed E-state index contributed by atoms with van der Waals surface area (Å²) < 4.78 is 5.16. The number of piperidine rings is 2. The highest BCUT2D eigenvalue weighted by Crippen LogP contribution is 2.32. The molecule has 0 spiro atoms. The van der Waals surface area contributed by atoms with Gasteiger partial charge in [-0.3, -0.25) is 0 Å². The number of nitrogens with one attached hydrogen (secondary N) is 2. The van der Waals surface area contributed by atoms with Crippen molar-refractivity contribution in [3.05, 3.63) is 29.8 Å². The normalized spacial score (nSPS) is 26.1. The summed E-state index contributed by atoms with van der Waals surface area (Å²) in [5.74, 6) is 0.879. The zero-order chi connectivity index (χ0) is 17.6. The number of rotatable bonds is 6. The van der Waals surface area contributed by atoms with Gasteiger partial charge in [0.2, 0.25) is 0 Å². The SMILES string of the molecule is COc1ccc(CCCNC(=O)NC2CC3CCCC(C2)N3C)cc1. The summed E-state index contributed by atoms with van der Waals surface area (Å²) in [5, 5.41) is 6.20. The topological polar surface area (TPSA) is 53.6 Å². The summed E-state index contributed by atoms with van der Waals surface area (Å²) in [4.78, 5) is 14.7. The fourth-order valence-electron chi connectivity index (χ4n) is 4.26. The van der Waals surface area contributed by atoms with Gasteiger partial charge in [-0.2, -0.15) is 0 Å². The molecule has 2 bridgehead atoms. The molecule has 2 fully saturated rings. The Labute approximate surface area is 151 Å². The lowest BCUT2D eigenvalue weighted by atomic mass is 9.82. The average molecular weight is 345 g/mol. The Kier molecular flexibility index (Phi) is 6.19. The first-order chi connectivity index (χ1) is 12.2. The third-order valence-electron chi connectivity index (χ3n) is 5.76. The van der Waals surface area contributed by atoms with E-state index >= 15 is 0 Å². The van der Waals surface area contributed by atoms with Crippen molar-refractivity contribution in [1.29, 1.82) is 0 Å². The number of aryl methyl sites for hydroxylation is 1. The van der Waals surface area contributed by atoms with Crippen LogP contribution in [0, 0.1) is 0 Å². The molecular formula is C20H31N3O2. The molecule has 0 saturated carbocycles. The van der Waals surface area contributed by atoms with E-state index in [9.17, 15) is 4.79 Å². The number of methoxy groups -OCH3 is 1. The molecule has 0 radical (unpaired) electrons. The van der Waals surface area contributed by atoms with Crippen molar-refractivity contribution in [1.82, 2.24) is 15.5 Å². The first-order valence-electron chi connectivity index (χ1n) is 9.55. The van der Waals surface area contributed by atoms with Crippen LogP contribution in [-0.2, 0) is 6.42 Å². The van der Waals surface area contributed by atoms with Crippen LogP contribution < -0.4 is 15.4 Å². The highest BCUT2D eigenvalue weighted by Gasteiger charge is 2.36. The number of carbonyl (C=O) groups excluding carboxylic acids is 1. The van der Waals surface area contributed by atoms with Gasteiger partial charge in [-0.15, -0.1) is 0 Å².